The van der Waals surface area contributed by atoms with Gasteiger partial charge in [0.25, 0.3) is 0 Å². The molecule has 0 saturated carbocycles. The SMILES string of the molecule is CC(C)(C)[Si](C)(C)OCC(COCc1ccccc1)CSCO[P+](=O)OCSCC(COCc1ccccc1)CO[Si](C)(C)C(C)(C)C. The normalized spacial score (nSPS) is 14.6. The fraction of sp³-hybridized carbons (Fsp3) is 0.667. The van der Waals surface area contributed by atoms with Crippen LogP contribution in [0.25, 0.3) is 0 Å². The number of hydrogen-bond donors (Lipinski definition) is 0. The van der Waals surface area contributed by atoms with Crippen molar-refractivity contribution in [3.05, 3.63) is 71.8 Å². The molecular formula is C36H62O7PS2Si2+. The van der Waals surface area contributed by atoms with Gasteiger partial charge in [-0.3, -0.25) is 0 Å². The second-order valence-corrected chi connectivity index (χ2v) is 27.9. The van der Waals surface area contributed by atoms with Crippen LogP contribution in [0.4, 0.5) is 0 Å². The van der Waals surface area contributed by atoms with Gasteiger partial charge in [-0.2, -0.15) is 0 Å². The summed E-state index contributed by atoms with van der Waals surface area (Å²) in [5, 5.41) is 0.277. The second-order valence-electron chi connectivity index (χ2n) is 15.3. The first-order chi connectivity index (χ1) is 22.5. The van der Waals surface area contributed by atoms with E-state index in [0.29, 0.717) is 39.6 Å². The van der Waals surface area contributed by atoms with E-state index < -0.39 is 24.9 Å². The molecule has 2 rings (SSSR count). The molecule has 0 N–H and O–H groups in total. The third kappa shape index (κ3) is 17.6. The molecule has 7 nitrogen and oxygen atoms in total. The zero-order valence-electron chi connectivity index (χ0n) is 31.1. The van der Waals surface area contributed by atoms with Gasteiger partial charge in [-0.15, -0.1) is 32.6 Å². The van der Waals surface area contributed by atoms with Gasteiger partial charge in [0.15, 0.2) is 28.5 Å². The summed E-state index contributed by atoms with van der Waals surface area (Å²) in [5.74, 6) is 2.51. The Morgan fingerprint density at radius 1 is 0.604 bits per heavy atom. The second kappa shape index (κ2) is 21.7. The number of thioether (sulfide) groups is 2. The number of rotatable bonds is 24. The molecule has 0 aliphatic carbocycles. The average Bonchev–Trinajstić information content (AvgIpc) is 3.02. The van der Waals surface area contributed by atoms with Crippen LogP contribution in [0, 0.1) is 11.8 Å². The van der Waals surface area contributed by atoms with Gasteiger partial charge < -0.3 is 18.3 Å². The van der Waals surface area contributed by atoms with E-state index in [2.05, 4.69) is 92.0 Å². The van der Waals surface area contributed by atoms with Crippen LogP contribution in [0.2, 0.25) is 36.3 Å². The maximum absolute atomic E-state index is 12.5. The van der Waals surface area contributed by atoms with E-state index in [1.807, 2.05) is 36.4 Å². The molecule has 2 unspecified atom stereocenters. The Bertz CT molecular complexity index is 1070. The summed E-state index contributed by atoms with van der Waals surface area (Å²) in [4.78, 5) is 0. The average molecular weight is 758 g/mol. The van der Waals surface area contributed by atoms with Crippen molar-refractivity contribution >= 4 is 48.4 Å². The molecule has 0 radical (unpaired) electrons. The molecule has 12 heteroatoms. The zero-order chi connectivity index (χ0) is 35.7. The number of benzene rings is 2. The Hall–Kier alpha value is -0.566. The summed E-state index contributed by atoms with van der Waals surface area (Å²) in [6.07, 6.45) is 0. The van der Waals surface area contributed by atoms with Crippen molar-refractivity contribution < 1.29 is 31.9 Å². The minimum absolute atomic E-state index is 0.138. The van der Waals surface area contributed by atoms with Crippen LogP contribution in [0.3, 0.4) is 0 Å². The first-order valence-corrected chi connectivity index (χ1v) is 26.1. The maximum Gasteiger partial charge on any atom is 0.699 e. The summed E-state index contributed by atoms with van der Waals surface area (Å²) >= 11 is 3.18. The Kier molecular flexibility index (Phi) is 19.7. The van der Waals surface area contributed by atoms with Gasteiger partial charge in [0.1, 0.15) is 0 Å². The standard InChI is InChI=1S/C36H62O7PS2Si2/c1-35(2,3)47(7,8)42-25-33(23-38-21-31-17-13-11-14-18-31)27-45-29-40-44(37)41-30-46-28-34(26-43-48(9,10)36(4,5)6)24-39-22-32-19-15-12-16-20-32/h11-20,33-34H,21-30H2,1-10H3/q+1. The lowest BCUT2D eigenvalue weighted by atomic mass is 10.2. The Labute approximate surface area is 303 Å². The van der Waals surface area contributed by atoms with Gasteiger partial charge in [0, 0.05) is 41.1 Å². The van der Waals surface area contributed by atoms with Crippen LogP contribution >= 0.6 is 31.8 Å². The van der Waals surface area contributed by atoms with Crippen LogP contribution in [-0.4, -0.2) is 66.4 Å². The monoisotopic (exact) mass is 757 g/mol. The predicted molar refractivity (Wildman–Crippen MR) is 210 cm³/mol. The maximum atomic E-state index is 12.5. The van der Waals surface area contributed by atoms with Crippen molar-refractivity contribution in [2.24, 2.45) is 11.8 Å². The third-order valence-electron chi connectivity index (χ3n) is 9.09. The molecule has 2 aromatic carbocycles. The van der Waals surface area contributed by atoms with Crippen molar-refractivity contribution in [3.63, 3.8) is 0 Å². The van der Waals surface area contributed by atoms with Crippen LogP contribution < -0.4 is 0 Å². The van der Waals surface area contributed by atoms with Crippen LogP contribution in [0.15, 0.2) is 60.7 Å². The van der Waals surface area contributed by atoms with Gasteiger partial charge in [-0.1, -0.05) is 102 Å². The Balaban J connectivity index is 1.76. The summed E-state index contributed by atoms with van der Waals surface area (Å²) in [6, 6.07) is 20.4. The molecule has 2 aromatic rings. The minimum Gasteiger partial charge on any atom is -0.416 e. The predicted octanol–water partition coefficient (Wildman–Crippen LogP) is 10.8. The largest absolute Gasteiger partial charge is 0.699 e. The molecule has 2 atom stereocenters. The first-order valence-electron chi connectivity index (χ1n) is 16.9. The quantitative estimate of drug-likeness (QED) is 0.0450. The van der Waals surface area contributed by atoms with Gasteiger partial charge >= 0.3 is 8.25 Å². The summed E-state index contributed by atoms with van der Waals surface area (Å²) in [5.41, 5.74) is 2.30. The molecule has 0 bridgehead atoms. The van der Waals surface area contributed by atoms with Crippen LogP contribution in [-0.2, 0) is 45.2 Å². The molecule has 0 fully saturated rings. The molecule has 272 valence electrons. The minimum atomic E-state index is -2.21. The molecule has 0 aliphatic rings. The highest BCUT2D eigenvalue weighted by atomic mass is 32.2. The summed E-state index contributed by atoms with van der Waals surface area (Å²) in [6.45, 7) is 26.2. The smallest absolute Gasteiger partial charge is 0.416 e. The van der Waals surface area contributed by atoms with E-state index in [4.69, 9.17) is 27.4 Å². The van der Waals surface area contributed by atoms with E-state index in [1.165, 1.54) is 0 Å². The summed E-state index contributed by atoms with van der Waals surface area (Å²) in [7, 11) is -5.99. The highest BCUT2D eigenvalue weighted by Gasteiger charge is 2.38. The Morgan fingerprint density at radius 2 is 0.958 bits per heavy atom. The summed E-state index contributed by atoms with van der Waals surface area (Å²) < 4.78 is 48.8. The molecule has 0 spiro atoms. The highest BCUT2D eigenvalue weighted by molar-refractivity contribution is 7.99. The fourth-order valence-corrected chi connectivity index (χ4v) is 8.61. The molecule has 0 aliphatic heterocycles. The molecule has 0 amide bonds. The fourth-order valence-electron chi connectivity index (χ4n) is 3.84. The van der Waals surface area contributed by atoms with Crippen molar-refractivity contribution in [1.29, 1.82) is 0 Å². The van der Waals surface area contributed by atoms with E-state index in [1.54, 1.807) is 23.5 Å². The lowest BCUT2D eigenvalue weighted by Crippen LogP contribution is -2.42. The van der Waals surface area contributed by atoms with E-state index >= 15 is 0 Å². The van der Waals surface area contributed by atoms with Crippen molar-refractivity contribution in [2.45, 2.75) is 91.0 Å². The van der Waals surface area contributed by atoms with E-state index in [9.17, 15) is 4.57 Å². The lowest BCUT2D eigenvalue weighted by molar-refractivity contribution is 0.0731. The third-order valence-corrected chi connectivity index (χ3v) is 21.1. The van der Waals surface area contributed by atoms with Crippen LogP contribution in [0.5, 0.6) is 0 Å². The molecule has 0 saturated heterocycles. The van der Waals surface area contributed by atoms with Crippen LogP contribution in [0.1, 0.15) is 52.7 Å². The Morgan fingerprint density at radius 3 is 1.29 bits per heavy atom. The van der Waals surface area contributed by atoms with Crippen molar-refractivity contribution in [2.75, 3.05) is 49.8 Å². The van der Waals surface area contributed by atoms with Gasteiger partial charge in [0.2, 0.25) is 0 Å². The topological polar surface area (TPSA) is 72.5 Å². The van der Waals surface area contributed by atoms with Gasteiger partial charge in [-0.05, 0) is 47.4 Å². The molecule has 48 heavy (non-hydrogen) atoms. The molecular weight excluding hydrogens is 696 g/mol. The van der Waals surface area contributed by atoms with Crippen molar-refractivity contribution in [1.82, 2.24) is 0 Å². The van der Waals surface area contributed by atoms with Crippen molar-refractivity contribution in [3.8, 4) is 0 Å². The highest BCUT2D eigenvalue weighted by Crippen LogP contribution is 2.38. The molecule has 0 aromatic heterocycles. The van der Waals surface area contributed by atoms with Gasteiger partial charge in [0.05, 0.1) is 26.4 Å². The zero-order valence-corrected chi connectivity index (χ0v) is 35.6. The van der Waals surface area contributed by atoms with Gasteiger partial charge in [-0.25, -0.2) is 0 Å². The van der Waals surface area contributed by atoms with E-state index in [0.717, 1.165) is 22.6 Å². The first kappa shape index (κ1) is 43.6. The van der Waals surface area contributed by atoms with E-state index in [-0.39, 0.29) is 33.8 Å². The number of hydrogen-bond acceptors (Lipinski definition) is 9. The molecule has 0 heterocycles. The lowest BCUT2D eigenvalue weighted by Gasteiger charge is -2.37. The number of ether oxygens (including phenoxy) is 2.